The summed E-state index contributed by atoms with van der Waals surface area (Å²) in [6, 6.07) is 7.94. The van der Waals surface area contributed by atoms with Crippen LogP contribution in [0, 0.1) is 17.5 Å². The van der Waals surface area contributed by atoms with E-state index in [1.807, 2.05) is 6.92 Å². The van der Waals surface area contributed by atoms with E-state index < -0.39 is 23.5 Å². The minimum Gasteiger partial charge on any atom is -0.355 e. The molecule has 2 amide bonds. The second-order valence-electron chi connectivity index (χ2n) is 7.67. The predicted octanol–water partition coefficient (Wildman–Crippen LogP) is 3.62. The van der Waals surface area contributed by atoms with Gasteiger partial charge in [-0.1, -0.05) is 6.07 Å². The number of amides is 2. The number of nitrogens with one attached hydrogen (secondary N) is 1. The lowest BCUT2D eigenvalue weighted by molar-refractivity contribution is 0.0673. The molecule has 0 fully saturated rings. The van der Waals surface area contributed by atoms with Crippen LogP contribution in [0.2, 0.25) is 0 Å². The second-order valence-corrected chi connectivity index (χ2v) is 7.67. The Morgan fingerprint density at radius 2 is 1.75 bits per heavy atom. The largest absolute Gasteiger partial charge is 0.355 e. The SMILES string of the molecule is CNC(=O)c1cccc(C(=O)N2CCc3c(nn(C)c3-c3cc(F)c(F)c(F)c3)[C@@H]2C)c1. The van der Waals surface area contributed by atoms with Gasteiger partial charge in [0.05, 0.1) is 17.4 Å². The van der Waals surface area contributed by atoms with Crippen LogP contribution in [-0.2, 0) is 13.5 Å². The average molecular weight is 442 g/mol. The van der Waals surface area contributed by atoms with Crippen molar-refractivity contribution < 1.29 is 22.8 Å². The van der Waals surface area contributed by atoms with Crippen molar-refractivity contribution in [2.75, 3.05) is 13.6 Å². The van der Waals surface area contributed by atoms with E-state index in [0.717, 1.165) is 17.7 Å². The molecule has 0 saturated carbocycles. The Kier molecular flexibility index (Phi) is 5.50. The molecular formula is C23H21F3N4O2. The van der Waals surface area contributed by atoms with Gasteiger partial charge in [-0.15, -0.1) is 0 Å². The van der Waals surface area contributed by atoms with E-state index >= 15 is 0 Å². The monoisotopic (exact) mass is 442 g/mol. The summed E-state index contributed by atoms with van der Waals surface area (Å²) in [5.41, 5.74) is 2.79. The summed E-state index contributed by atoms with van der Waals surface area (Å²) < 4.78 is 42.5. The molecule has 1 aliphatic heterocycles. The third-order valence-corrected chi connectivity index (χ3v) is 5.76. The lowest BCUT2D eigenvalue weighted by atomic mass is 9.94. The first-order valence-electron chi connectivity index (χ1n) is 10.1. The predicted molar refractivity (Wildman–Crippen MR) is 112 cm³/mol. The number of halogens is 3. The minimum atomic E-state index is -1.52. The Balaban J connectivity index is 1.68. The van der Waals surface area contributed by atoms with Crippen LogP contribution in [0.5, 0.6) is 0 Å². The first kappa shape index (κ1) is 21.6. The van der Waals surface area contributed by atoms with Crippen LogP contribution >= 0.6 is 0 Å². The summed E-state index contributed by atoms with van der Waals surface area (Å²) >= 11 is 0. The third-order valence-electron chi connectivity index (χ3n) is 5.76. The molecule has 1 atom stereocenters. The highest BCUT2D eigenvalue weighted by Gasteiger charge is 2.33. The summed E-state index contributed by atoms with van der Waals surface area (Å²) in [6.07, 6.45) is 0.407. The quantitative estimate of drug-likeness (QED) is 0.630. The van der Waals surface area contributed by atoms with Crippen LogP contribution in [0.15, 0.2) is 36.4 Å². The van der Waals surface area contributed by atoms with Gasteiger partial charge in [0, 0.05) is 42.9 Å². The Labute approximate surface area is 182 Å². The summed E-state index contributed by atoms with van der Waals surface area (Å²) in [7, 11) is 3.15. The molecule has 2 aromatic carbocycles. The van der Waals surface area contributed by atoms with Crippen molar-refractivity contribution in [3.8, 4) is 11.3 Å². The van der Waals surface area contributed by atoms with Crippen molar-refractivity contribution in [3.05, 3.63) is 76.2 Å². The van der Waals surface area contributed by atoms with Crippen LogP contribution in [0.25, 0.3) is 11.3 Å². The van der Waals surface area contributed by atoms with Gasteiger partial charge < -0.3 is 10.2 Å². The molecule has 32 heavy (non-hydrogen) atoms. The number of nitrogens with zero attached hydrogens (tertiary/aromatic N) is 3. The highest BCUT2D eigenvalue weighted by atomic mass is 19.2. The van der Waals surface area contributed by atoms with Gasteiger partial charge in [-0.25, -0.2) is 13.2 Å². The molecule has 0 aliphatic carbocycles. The molecule has 0 saturated heterocycles. The number of rotatable bonds is 3. The Morgan fingerprint density at radius 3 is 2.41 bits per heavy atom. The molecule has 0 unspecified atom stereocenters. The summed E-state index contributed by atoms with van der Waals surface area (Å²) in [6.45, 7) is 2.17. The number of benzene rings is 2. The normalized spacial score (nSPS) is 15.4. The highest BCUT2D eigenvalue weighted by molar-refractivity contribution is 5.99. The minimum absolute atomic E-state index is 0.183. The van der Waals surface area contributed by atoms with E-state index in [1.165, 1.54) is 17.8 Å². The van der Waals surface area contributed by atoms with Crippen molar-refractivity contribution in [2.24, 2.45) is 7.05 Å². The number of aryl methyl sites for hydroxylation is 1. The number of fused-ring (bicyclic) bond motifs is 1. The molecule has 1 aromatic heterocycles. The van der Waals surface area contributed by atoms with Crippen molar-refractivity contribution in [1.82, 2.24) is 20.0 Å². The second kappa shape index (κ2) is 8.14. The van der Waals surface area contributed by atoms with E-state index in [0.29, 0.717) is 35.5 Å². The number of hydrogen-bond donors (Lipinski definition) is 1. The Morgan fingerprint density at radius 1 is 1.09 bits per heavy atom. The molecule has 4 rings (SSSR count). The van der Waals surface area contributed by atoms with E-state index in [9.17, 15) is 22.8 Å². The van der Waals surface area contributed by atoms with E-state index in [-0.39, 0.29) is 17.4 Å². The lowest BCUT2D eigenvalue weighted by Gasteiger charge is -2.33. The van der Waals surface area contributed by atoms with Gasteiger partial charge in [0.25, 0.3) is 11.8 Å². The lowest BCUT2D eigenvalue weighted by Crippen LogP contribution is -2.39. The summed E-state index contributed by atoms with van der Waals surface area (Å²) in [5, 5.41) is 7.03. The molecule has 166 valence electrons. The topological polar surface area (TPSA) is 67.2 Å². The van der Waals surface area contributed by atoms with Gasteiger partial charge >= 0.3 is 0 Å². The zero-order valence-corrected chi connectivity index (χ0v) is 17.7. The fourth-order valence-corrected chi connectivity index (χ4v) is 4.18. The maximum atomic E-state index is 13.8. The van der Waals surface area contributed by atoms with Gasteiger partial charge in [0.2, 0.25) is 0 Å². The summed E-state index contributed by atoms with van der Waals surface area (Å²) in [5.74, 6) is -4.60. The fraction of sp³-hybridized carbons (Fsp3) is 0.261. The molecular weight excluding hydrogens is 421 g/mol. The van der Waals surface area contributed by atoms with Crippen LogP contribution < -0.4 is 5.32 Å². The van der Waals surface area contributed by atoms with Crippen LogP contribution in [0.4, 0.5) is 13.2 Å². The number of carbonyl (C=O) groups excluding carboxylic acids is 2. The fourth-order valence-electron chi connectivity index (χ4n) is 4.18. The van der Waals surface area contributed by atoms with Gasteiger partial charge in [-0.2, -0.15) is 5.10 Å². The Hall–Kier alpha value is -3.62. The number of carbonyl (C=O) groups is 2. The molecule has 9 heteroatoms. The standard InChI is InChI=1S/C23H21F3N4O2/c1-12-20-16(21(29(3)28-20)15-10-17(24)19(26)18(25)11-15)7-8-30(12)23(32)14-6-4-5-13(9-14)22(31)27-2/h4-6,9-12H,7-8H2,1-3H3,(H,27,31)/t12-/m0/s1. The average Bonchev–Trinajstić information content (AvgIpc) is 3.13. The van der Waals surface area contributed by atoms with Crippen LogP contribution in [0.1, 0.15) is 44.9 Å². The maximum absolute atomic E-state index is 13.8. The van der Waals surface area contributed by atoms with Gasteiger partial charge in [-0.3, -0.25) is 14.3 Å². The van der Waals surface area contributed by atoms with Crippen LogP contribution in [-0.4, -0.2) is 40.1 Å². The molecule has 0 radical (unpaired) electrons. The molecule has 0 spiro atoms. The molecule has 1 N–H and O–H groups in total. The van der Waals surface area contributed by atoms with E-state index in [1.54, 1.807) is 30.1 Å². The number of hydrogen-bond acceptors (Lipinski definition) is 3. The molecule has 1 aliphatic rings. The Bertz CT molecular complexity index is 1210. The van der Waals surface area contributed by atoms with Crippen molar-refractivity contribution in [1.29, 1.82) is 0 Å². The smallest absolute Gasteiger partial charge is 0.254 e. The van der Waals surface area contributed by atoms with Gasteiger partial charge in [0.15, 0.2) is 17.5 Å². The first-order valence-corrected chi connectivity index (χ1v) is 10.1. The third kappa shape index (κ3) is 3.53. The van der Waals surface area contributed by atoms with Gasteiger partial charge in [0.1, 0.15) is 0 Å². The van der Waals surface area contributed by atoms with E-state index in [4.69, 9.17) is 0 Å². The molecule has 3 aromatic rings. The molecule has 2 heterocycles. The zero-order chi connectivity index (χ0) is 23.2. The van der Waals surface area contributed by atoms with Crippen molar-refractivity contribution in [3.63, 3.8) is 0 Å². The number of aromatic nitrogens is 2. The van der Waals surface area contributed by atoms with Gasteiger partial charge in [-0.05, 0) is 43.7 Å². The van der Waals surface area contributed by atoms with Crippen LogP contribution in [0.3, 0.4) is 0 Å². The van der Waals surface area contributed by atoms with Crippen molar-refractivity contribution >= 4 is 11.8 Å². The first-order chi connectivity index (χ1) is 15.2. The molecule has 6 nitrogen and oxygen atoms in total. The molecule has 0 bridgehead atoms. The summed E-state index contributed by atoms with van der Waals surface area (Å²) in [4.78, 5) is 26.7. The highest BCUT2D eigenvalue weighted by Crippen LogP contribution is 2.36. The maximum Gasteiger partial charge on any atom is 0.254 e. The van der Waals surface area contributed by atoms with E-state index in [2.05, 4.69) is 10.4 Å². The zero-order valence-electron chi connectivity index (χ0n) is 17.7. The van der Waals surface area contributed by atoms with Crippen molar-refractivity contribution in [2.45, 2.75) is 19.4 Å².